The Hall–Kier alpha value is -2.44. The van der Waals surface area contributed by atoms with Crippen LogP contribution in [0.15, 0.2) is 60.8 Å². The van der Waals surface area contributed by atoms with Crippen LogP contribution in [0.3, 0.4) is 0 Å². The first-order valence-corrected chi connectivity index (χ1v) is 17.3. The largest absolute Gasteiger partial charge is 0.462 e. The van der Waals surface area contributed by atoms with E-state index in [0.29, 0.717) is 19.3 Å². The smallest absolute Gasteiger partial charge is 0.306 e. The molecule has 252 valence electrons. The van der Waals surface area contributed by atoms with Crippen LogP contribution in [0.5, 0.6) is 0 Å². The highest BCUT2D eigenvalue weighted by atomic mass is 16.6. The van der Waals surface area contributed by atoms with Gasteiger partial charge in [0.2, 0.25) is 0 Å². The molecule has 2 N–H and O–H groups in total. The van der Waals surface area contributed by atoms with Gasteiger partial charge in [0.15, 0.2) is 6.10 Å². The average molecular weight is 617 g/mol. The quantitative estimate of drug-likeness (QED) is 0.0377. The van der Waals surface area contributed by atoms with Crippen molar-refractivity contribution in [3.05, 3.63) is 60.8 Å². The molecule has 0 aromatic rings. The van der Waals surface area contributed by atoms with E-state index in [9.17, 15) is 19.8 Å². The lowest BCUT2D eigenvalue weighted by Crippen LogP contribution is -2.28. The summed E-state index contributed by atoms with van der Waals surface area (Å²) in [7, 11) is 0. The lowest BCUT2D eigenvalue weighted by molar-refractivity contribution is -0.161. The molecule has 6 nitrogen and oxygen atoms in total. The van der Waals surface area contributed by atoms with E-state index in [1.54, 1.807) is 6.08 Å². The normalized spacial score (nSPS) is 13.8. The summed E-state index contributed by atoms with van der Waals surface area (Å²) in [5.74, 6) is 0.00131. The molecule has 2 atom stereocenters. The maximum atomic E-state index is 12.1. The predicted octanol–water partition coefficient (Wildman–Crippen LogP) is 9.27. The Labute approximate surface area is 269 Å². The first-order chi connectivity index (χ1) is 21.4. The standard InChI is InChI=1S/C38H64O6/c1-4-5-6-7-8-9-10-11-12-15-18-21-24-28-35(40)29-26-31-38(42)44-36(32-39)33-43-37(41)30-25-22-19-16-13-14-17-20-23-27-34(2)3/h5-6,8-9,11-12,18,21,24,28,34-36,39-40H,4,7,10,13-17,19-20,22-23,25-27,29-33H2,1-3H3/b6-5-,9-8-,12-11-,21-18-,28-24+/t35?,36-/m0/s1. The van der Waals surface area contributed by atoms with Crippen molar-refractivity contribution in [2.75, 3.05) is 13.2 Å². The summed E-state index contributed by atoms with van der Waals surface area (Å²) in [6.07, 6.45) is 36.0. The van der Waals surface area contributed by atoms with E-state index in [1.807, 2.05) is 18.2 Å². The number of esters is 2. The highest BCUT2D eigenvalue weighted by Crippen LogP contribution is 2.14. The zero-order chi connectivity index (χ0) is 32.5. The minimum atomic E-state index is -0.866. The third-order valence-corrected chi connectivity index (χ3v) is 7.11. The summed E-state index contributed by atoms with van der Waals surface area (Å²) in [5.41, 5.74) is 0. The molecule has 6 heteroatoms. The van der Waals surface area contributed by atoms with Gasteiger partial charge < -0.3 is 19.7 Å². The molecule has 0 spiro atoms. The Morgan fingerprint density at radius 2 is 1.20 bits per heavy atom. The zero-order valence-electron chi connectivity index (χ0n) is 28.2. The van der Waals surface area contributed by atoms with Crippen molar-refractivity contribution in [3.63, 3.8) is 0 Å². The van der Waals surface area contributed by atoms with Crippen LogP contribution in [0.2, 0.25) is 0 Å². The fraction of sp³-hybridized carbons (Fsp3) is 0.684. The minimum absolute atomic E-state index is 0.122. The number of allylic oxidation sites excluding steroid dienone is 9. The van der Waals surface area contributed by atoms with Crippen molar-refractivity contribution in [2.24, 2.45) is 5.92 Å². The van der Waals surface area contributed by atoms with Crippen LogP contribution < -0.4 is 0 Å². The van der Waals surface area contributed by atoms with Gasteiger partial charge in [-0.1, -0.05) is 139 Å². The highest BCUT2D eigenvalue weighted by molar-refractivity contribution is 5.70. The lowest BCUT2D eigenvalue weighted by Gasteiger charge is -2.16. The van der Waals surface area contributed by atoms with Gasteiger partial charge in [0, 0.05) is 12.8 Å². The van der Waals surface area contributed by atoms with Crippen molar-refractivity contribution in [2.45, 2.75) is 149 Å². The second kappa shape index (κ2) is 32.0. The molecular formula is C38H64O6. The third-order valence-electron chi connectivity index (χ3n) is 7.11. The molecule has 0 saturated heterocycles. The molecule has 0 radical (unpaired) electrons. The Bertz CT molecular complexity index is 823. The second-order valence-corrected chi connectivity index (χ2v) is 11.9. The Morgan fingerprint density at radius 3 is 1.80 bits per heavy atom. The molecule has 0 rings (SSSR count). The number of aliphatic hydroxyl groups excluding tert-OH is 2. The van der Waals surface area contributed by atoms with Gasteiger partial charge in [-0.25, -0.2) is 0 Å². The van der Waals surface area contributed by atoms with Crippen molar-refractivity contribution >= 4 is 11.9 Å². The average Bonchev–Trinajstić information content (AvgIpc) is 3.00. The van der Waals surface area contributed by atoms with Crippen LogP contribution in [0.25, 0.3) is 0 Å². The van der Waals surface area contributed by atoms with Gasteiger partial charge in [-0.05, 0) is 50.9 Å². The van der Waals surface area contributed by atoms with Crippen molar-refractivity contribution in [1.29, 1.82) is 0 Å². The van der Waals surface area contributed by atoms with Crippen LogP contribution in [0.4, 0.5) is 0 Å². The summed E-state index contributed by atoms with van der Waals surface area (Å²) < 4.78 is 10.5. The van der Waals surface area contributed by atoms with Crippen LogP contribution in [0, 0.1) is 5.92 Å². The molecule has 1 unspecified atom stereocenters. The number of rotatable bonds is 29. The van der Waals surface area contributed by atoms with Crippen molar-refractivity contribution in [3.8, 4) is 0 Å². The summed E-state index contributed by atoms with van der Waals surface area (Å²) >= 11 is 0. The number of ether oxygens (including phenoxy) is 2. The topological polar surface area (TPSA) is 93.1 Å². The Morgan fingerprint density at radius 1 is 0.659 bits per heavy atom. The van der Waals surface area contributed by atoms with E-state index < -0.39 is 24.8 Å². The van der Waals surface area contributed by atoms with Gasteiger partial charge in [-0.15, -0.1) is 0 Å². The molecular weight excluding hydrogens is 552 g/mol. The number of hydrogen-bond acceptors (Lipinski definition) is 6. The van der Waals surface area contributed by atoms with Gasteiger partial charge in [-0.2, -0.15) is 0 Å². The van der Waals surface area contributed by atoms with Gasteiger partial charge in [0.1, 0.15) is 6.61 Å². The molecule has 0 aliphatic heterocycles. The zero-order valence-corrected chi connectivity index (χ0v) is 28.2. The predicted molar refractivity (Wildman–Crippen MR) is 183 cm³/mol. The first kappa shape index (κ1) is 41.6. The van der Waals surface area contributed by atoms with Gasteiger partial charge in [0.05, 0.1) is 12.7 Å². The molecule has 0 saturated carbocycles. The van der Waals surface area contributed by atoms with Crippen molar-refractivity contribution < 1.29 is 29.3 Å². The molecule has 0 heterocycles. The van der Waals surface area contributed by atoms with E-state index in [2.05, 4.69) is 57.2 Å². The SMILES string of the molecule is CC/C=C\C/C=C\C/C=C\C/C=C\C=C\C(O)CCCC(=O)O[C@@H](CO)COC(=O)CCCCCCCCCCCC(C)C. The molecule has 0 aromatic heterocycles. The fourth-order valence-corrected chi connectivity index (χ4v) is 4.47. The molecule has 44 heavy (non-hydrogen) atoms. The lowest BCUT2D eigenvalue weighted by atomic mass is 10.0. The number of hydrogen-bond donors (Lipinski definition) is 2. The van der Waals surface area contributed by atoms with Crippen molar-refractivity contribution in [1.82, 2.24) is 0 Å². The molecule has 0 aliphatic rings. The monoisotopic (exact) mass is 616 g/mol. The summed E-state index contributed by atoms with van der Waals surface area (Å²) in [6, 6.07) is 0. The maximum Gasteiger partial charge on any atom is 0.306 e. The van der Waals surface area contributed by atoms with Crippen LogP contribution in [-0.4, -0.2) is 47.6 Å². The fourth-order valence-electron chi connectivity index (χ4n) is 4.47. The summed E-state index contributed by atoms with van der Waals surface area (Å²) in [4.78, 5) is 24.1. The highest BCUT2D eigenvalue weighted by Gasteiger charge is 2.16. The number of unbranched alkanes of at least 4 members (excludes halogenated alkanes) is 8. The molecule has 0 bridgehead atoms. The van der Waals surface area contributed by atoms with E-state index >= 15 is 0 Å². The van der Waals surface area contributed by atoms with E-state index in [4.69, 9.17) is 9.47 Å². The van der Waals surface area contributed by atoms with E-state index in [0.717, 1.165) is 50.9 Å². The Kier molecular flexibility index (Phi) is 30.2. The third kappa shape index (κ3) is 31.0. The van der Waals surface area contributed by atoms with Crippen LogP contribution >= 0.6 is 0 Å². The molecule has 0 fully saturated rings. The molecule has 0 amide bonds. The second-order valence-electron chi connectivity index (χ2n) is 11.9. The molecule has 0 aliphatic carbocycles. The van der Waals surface area contributed by atoms with Gasteiger partial charge in [0.25, 0.3) is 0 Å². The Balaban J connectivity index is 3.84. The summed E-state index contributed by atoms with van der Waals surface area (Å²) in [5, 5.41) is 19.6. The van der Waals surface area contributed by atoms with Gasteiger partial charge in [-0.3, -0.25) is 9.59 Å². The minimum Gasteiger partial charge on any atom is -0.462 e. The van der Waals surface area contributed by atoms with Crippen LogP contribution in [0.1, 0.15) is 136 Å². The first-order valence-electron chi connectivity index (χ1n) is 17.3. The van der Waals surface area contributed by atoms with E-state index in [1.165, 1.54) is 44.9 Å². The number of carbonyl (C=O) groups is 2. The number of aliphatic hydroxyl groups is 2. The number of carbonyl (C=O) groups excluding carboxylic acids is 2. The van der Waals surface area contributed by atoms with E-state index in [-0.39, 0.29) is 19.0 Å². The van der Waals surface area contributed by atoms with Gasteiger partial charge >= 0.3 is 11.9 Å². The summed E-state index contributed by atoms with van der Waals surface area (Å²) in [6.45, 7) is 6.14. The van der Waals surface area contributed by atoms with Crippen LogP contribution in [-0.2, 0) is 19.1 Å². The maximum absolute atomic E-state index is 12.1. The molecule has 0 aromatic carbocycles.